The molecule has 12 heteroatoms. The van der Waals surface area contributed by atoms with Crippen LogP contribution in [0.15, 0.2) is 42.9 Å². The van der Waals surface area contributed by atoms with E-state index < -0.39 is 55.0 Å². The Morgan fingerprint density at radius 3 is 2.28 bits per heavy atom. The third kappa shape index (κ3) is 7.81. The average molecular weight is 446 g/mol. The minimum absolute atomic E-state index is 0.0184. The maximum absolute atomic E-state index is 12.8. The number of nitrogens with two attached hydrogens (primary N) is 1. The van der Waals surface area contributed by atoms with Crippen molar-refractivity contribution in [2.45, 2.75) is 31.0 Å². The van der Waals surface area contributed by atoms with Gasteiger partial charge in [0.1, 0.15) is 18.6 Å². The van der Waals surface area contributed by atoms with Gasteiger partial charge in [0, 0.05) is 18.3 Å². The fraction of sp³-hybridized carbons (Fsp3) is 0.350. The van der Waals surface area contributed by atoms with E-state index in [0.29, 0.717) is 5.69 Å². The SMILES string of the molecule is NC(Cc1ccccc1)C(=O)NC(Cc1cnc[nH]1)C(=O)NC(CO)C(=O)NCC(=O)O. The summed E-state index contributed by atoms with van der Waals surface area (Å²) in [7, 11) is 0. The number of amides is 3. The van der Waals surface area contributed by atoms with Crippen molar-refractivity contribution < 1.29 is 29.4 Å². The van der Waals surface area contributed by atoms with Crippen molar-refractivity contribution in [1.29, 1.82) is 0 Å². The smallest absolute Gasteiger partial charge is 0.322 e. The van der Waals surface area contributed by atoms with E-state index >= 15 is 0 Å². The number of hydrogen-bond donors (Lipinski definition) is 7. The first-order valence-electron chi connectivity index (χ1n) is 9.78. The molecule has 1 aromatic heterocycles. The van der Waals surface area contributed by atoms with Gasteiger partial charge >= 0.3 is 5.97 Å². The van der Waals surface area contributed by atoms with Gasteiger partial charge in [-0.2, -0.15) is 0 Å². The number of aliphatic carboxylic acids is 1. The number of carboxylic acids is 1. The number of H-pyrrole nitrogens is 1. The second kappa shape index (κ2) is 12.2. The zero-order valence-corrected chi connectivity index (χ0v) is 17.2. The molecule has 2 aromatic rings. The molecule has 0 fully saturated rings. The highest BCUT2D eigenvalue weighted by atomic mass is 16.4. The number of aromatic nitrogens is 2. The van der Waals surface area contributed by atoms with E-state index in [4.69, 9.17) is 10.8 Å². The van der Waals surface area contributed by atoms with Gasteiger partial charge in [0.15, 0.2) is 0 Å². The fourth-order valence-electron chi connectivity index (χ4n) is 2.82. The van der Waals surface area contributed by atoms with E-state index in [9.17, 15) is 24.3 Å². The van der Waals surface area contributed by atoms with Gasteiger partial charge in [-0.1, -0.05) is 30.3 Å². The molecule has 0 bridgehead atoms. The van der Waals surface area contributed by atoms with Crippen LogP contribution in [0.5, 0.6) is 0 Å². The minimum atomic E-state index is -1.40. The second-order valence-corrected chi connectivity index (χ2v) is 6.99. The number of hydrogen-bond acceptors (Lipinski definition) is 7. The highest BCUT2D eigenvalue weighted by molar-refractivity contribution is 5.93. The van der Waals surface area contributed by atoms with Crippen molar-refractivity contribution >= 4 is 23.7 Å². The average Bonchev–Trinajstić information content (AvgIpc) is 3.28. The largest absolute Gasteiger partial charge is 0.480 e. The third-order valence-corrected chi connectivity index (χ3v) is 4.48. The first-order chi connectivity index (χ1) is 15.3. The standard InChI is InChI=1S/C20H26N6O6/c21-14(6-12-4-2-1-3-5-12)18(30)25-15(7-13-8-22-11-24-13)20(32)26-16(10-27)19(31)23-9-17(28)29/h1-5,8,11,14-16,27H,6-7,9-10,21H2,(H,22,24)(H,23,31)(H,25,30)(H,26,32)(H,28,29). The van der Waals surface area contributed by atoms with Gasteiger partial charge in [0.2, 0.25) is 17.7 Å². The molecular formula is C20H26N6O6. The number of benzene rings is 1. The van der Waals surface area contributed by atoms with Crippen molar-refractivity contribution in [3.8, 4) is 0 Å². The van der Waals surface area contributed by atoms with Crippen LogP contribution >= 0.6 is 0 Å². The lowest BCUT2D eigenvalue weighted by Gasteiger charge is -2.23. The molecule has 0 aliphatic heterocycles. The lowest BCUT2D eigenvalue weighted by atomic mass is 10.0. The molecule has 0 aliphatic carbocycles. The van der Waals surface area contributed by atoms with Gasteiger partial charge in [-0.05, 0) is 12.0 Å². The zero-order valence-electron chi connectivity index (χ0n) is 17.2. The van der Waals surface area contributed by atoms with Crippen LogP contribution in [0.4, 0.5) is 0 Å². The fourth-order valence-corrected chi connectivity index (χ4v) is 2.82. The predicted octanol–water partition coefficient (Wildman–Crippen LogP) is -2.32. The van der Waals surface area contributed by atoms with Crippen molar-refractivity contribution in [3.05, 3.63) is 54.1 Å². The molecule has 3 amide bonds. The Bertz CT molecular complexity index is 905. The summed E-state index contributed by atoms with van der Waals surface area (Å²) >= 11 is 0. The van der Waals surface area contributed by atoms with Gasteiger partial charge in [0.05, 0.1) is 19.0 Å². The molecule has 1 aromatic carbocycles. The summed E-state index contributed by atoms with van der Waals surface area (Å²) in [5.74, 6) is -3.50. The summed E-state index contributed by atoms with van der Waals surface area (Å²) in [6, 6.07) is 5.66. The highest BCUT2D eigenvalue weighted by Crippen LogP contribution is 2.04. The van der Waals surface area contributed by atoms with Crippen molar-refractivity contribution in [1.82, 2.24) is 25.9 Å². The van der Waals surface area contributed by atoms with Crippen LogP contribution in [0.3, 0.4) is 0 Å². The molecule has 0 aliphatic rings. The molecular weight excluding hydrogens is 420 g/mol. The number of nitrogens with one attached hydrogen (secondary N) is 4. The normalized spacial score (nSPS) is 13.4. The van der Waals surface area contributed by atoms with Crippen LogP contribution in [0, 0.1) is 0 Å². The monoisotopic (exact) mass is 446 g/mol. The number of aliphatic hydroxyl groups excluding tert-OH is 1. The second-order valence-electron chi connectivity index (χ2n) is 6.99. The molecule has 3 atom stereocenters. The highest BCUT2D eigenvalue weighted by Gasteiger charge is 2.28. The Labute approximate surface area is 183 Å². The summed E-state index contributed by atoms with van der Waals surface area (Å²) in [6.45, 7) is -1.44. The van der Waals surface area contributed by atoms with E-state index in [2.05, 4.69) is 25.9 Å². The van der Waals surface area contributed by atoms with Crippen LogP contribution in [0.1, 0.15) is 11.3 Å². The maximum Gasteiger partial charge on any atom is 0.322 e. The van der Waals surface area contributed by atoms with Gasteiger partial charge in [-0.3, -0.25) is 19.2 Å². The molecule has 12 nitrogen and oxygen atoms in total. The van der Waals surface area contributed by atoms with E-state index in [1.807, 2.05) is 30.3 Å². The first-order valence-corrected chi connectivity index (χ1v) is 9.78. The summed E-state index contributed by atoms with van der Waals surface area (Å²) in [6.07, 6.45) is 3.15. The van der Waals surface area contributed by atoms with Crippen LogP contribution in [0.25, 0.3) is 0 Å². The summed E-state index contributed by atoms with van der Waals surface area (Å²) in [5, 5.41) is 25.0. The minimum Gasteiger partial charge on any atom is -0.480 e. The molecule has 8 N–H and O–H groups in total. The van der Waals surface area contributed by atoms with Crippen LogP contribution in [-0.4, -0.2) is 75.1 Å². The topological polar surface area (TPSA) is 200 Å². The molecule has 172 valence electrons. The number of aromatic amines is 1. The number of carbonyl (C=O) groups is 4. The van der Waals surface area contributed by atoms with Crippen molar-refractivity contribution in [2.75, 3.05) is 13.2 Å². The molecule has 3 unspecified atom stereocenters. The number of carboxylic acid groups (broad SMARTS) is 1. The van der Waals surface area contributed by atoms with Crippen LogP contribution in [0.2, 0.25) is 0 Å². The van der Waals surface area contributed by atoms with E-state index in [-0.39, 0.29) is 12.8 Å². The molecule has 0 radical (unpaired) electrons. The van der Waals surface area contributed by atoms with Crippen molar-refractivity contribution in [3.63, 3.8) is 0 Å². The predicted molar refractivity (Wildman–Crippen MR) is 112 cm³/mol. The van der Waals surface area contributed by atoms with Gasteiger partial charge in [-0.15, -0.1) is 0 Å². The summed E-state index contributed by atoms with van der Waals surface area (Å²) < 4.78 is 0. The molecule has 2 rings (SSSR count). The Morgan fingerprint density at radius 2 is 1.69 bits per heavy atom. The number of aliphatic hydroxyl groups is 1. The number of rotatable bonds is 12. The number of nitrogens with zero attached hydrogens (tertiary/aromatic N) is 1. The van der Waals surface area contributed by atoms with Gasteiger partial charge < -0.3 is 36.9 Å². The molecule has 1 heterocycles. The molecule has 0 saturated carbocycles. The number of imidazole rings is 1. The van der Waals surface area contributed by atoms with Crippen LogP contribution in [-0.2, 0) is 32.0 Å². The molecule has 32 heavy (non-hydrogen) atoms. The summed E-state index contributed by atoms with van der Waals surface area (Å²) in [4.78, 5) is 54.7. The maximum atomic E-state index is 12.8. The van der Waals surface area contributed by atoms with E-state index in [1.165, 1.54) is 12.5 Å². The van der Waals surface area contributed by atoms with Crippen LogP contribution < -0.4 is 21.7 Å². The third-order valence-electron chi connectivity index (χ3n) is 4.48. The molecule has 0 saturated heterocycles. The van der Waals surface area contributed by atoms with Gasteiger partial charge in [0.25, 0.3) is 0 Å². The van der Waals surface area contributed by atoms with E-state index in [1.54, 1.807) is 0 Å². The quantitative estimate of drug-likeness (QED) is 0.188. The Balaban J connectivity index is 2.06. The Morgan fingerprint density at radius 1 is 1.00 bits per heavy atom. The van der Waals surface area contributed by atoms with Gasteiger partial charge in [-0.25, -0.2) is 4.98 Å². The summed E-state index contributed by atoms with van der Waals surface area (Å²) in [5.41, 5.74) is 7.38. The van der Waals surface area contributed by atoms with Crippen molar-refractivity contribution in [2.24, 2.45) is 5.73 Å². The lowest BCUT2D eigenvalue weighted by Crippen LogP contribution is -2.57. The molecule has 0 spiro atoms. The number of carbonyl (C=O) groups excluding carboxylic acids is 3. The van der Waals surface area contributed by atoms with E-state index in [0.717, 1.165) is 5.56 Å². The lowest BCUT2D eigenvalue weighted by molar-refractivity contribution is -0.139. The zero-order chi connectivity index (χ0) is 23.5. The Kier molecular flexibility index (Phi) is 9.32. The Hall–Kier alpha value is -3.77. The first kappa shape index (κ1) is 24.5.